The van der Waals surface area contributed by atoms with E-state index in [-0.39, 0.29) is 12.1 Å². The van der Waals surface area contributed by atoms with E-state index in [1.807, 2.05) is 32.0 Å². The number of carbonyl (C=O) groups is 1. The molecule has 0 atom stereocenters. The number of hydrogen-bond acceptors (Lipinski definition) is 2. The Morgan fingerprint density at radius 3 is 2.74 bits per heavy atom. The van der Waals surface area contributed by atoms with Crippen molar-refractivity contribution in [1.29, 1.82) is 0 Å². The molecule has 0 saturated carbocycles. The first kappa shape index (κ1) is 16.5. The molecule has 0 unspecified atom stereocenters. The van der Waals surface area contributed by atoms with Crippen LogP contribution in [-0.2, 0) is 4.74 Å². The molecule has 0 fully saturated rings. The van der Waals surface area contributed by atoms with Crippen molar-refractivity contribution in [1.82, 2.24) is 5.32 Å². The Labute approximate surface area is 130 Å². The predicted molar refractivity (Wildman–Crippen MR) is 84.6 cm³/mol. The van der Waals surface area contributed by atoms with E-state index in [4.69, 9.17) is 4.74 Å². The topological polar surface area (TPSA) is 50.4 Å². The predicted octanol–water partition coefficient (Wildman–Crippen LogP) is 4.15. The number of ether oxygens (including phenoxy) is 1. The Kier molecular flexibility index (Phi) is 7.41. The maximum Gasteiger partial charge on any atom is 0.319 e. The van der Waals surface area contributed by atoms with E-state index in [0.29, 0.717) is 13.2 Å². The summed E-state index contributed by atoms with van der Waals surface area (Å²) in [5.41, 5.74) is 0.735. The zero-order valence-corrected chi connectivity index (χ0v) is 14.2. The number of rotatable bonds is 6. The summed E-state index contributed by atoms with van der Waals surface area (Å²) < 4.78 is 7.18. The number of halogens is 2. The molecule has 0 aromatic heterocycles. The SMILES string of the molecule is CC(C)OCCCNC(=O)Nc1ccc(Br)cc1Br. The third kappa shape index (κ3) is 6.94. The number of anilines is 1. The Balaban J connectivity index is 2.27. The average molecular weight is 394 g/mol. The van der Waals surface area contributed by atoms with Crippen molar-refractivity contribution < 1.29 is 9.53 Å². The number of nitrogens with one attached hydrogen (secondary N) is 2. The van der Waals surface area contributed by atoms with Gasteiger partial charge in [0.2, 0.25) is 0 Å². The molecule has 4 nitrogen and oxygen atoms in total. The molecular formula is C13H18Br2N2O2. The molecule has 1 aromatic rings. The fourth-order valence-electron chi connectivity index (χ4n) is 1.35. The minimum atomic E-state index is -0.215. The molecule has 0 aliphatic rings. The van der Waals surface area contributed by atoms with Crippen molar-refractivity contribution in [2.75, 3.05) is 18.5 Å². The van der Waals surface area contributed by atoms with Gasteiger partial charge in [-0.05, 0) is 54.4 Å². The smallest absolute Gasteiger partial charge is 0.319 e. The highest BCUT2D eigenvalue weighted by molar-refractivity contribution is 9.11. The van der Waals surface area contributed by atoms with Gasteiger partial charge in [-0.2, -0.15) is 0 Å². The summed E-state index contributed by atoms with van der Waals surface area (Å²) in [5.74, 6) is 0. The minimum absolute atomic E-state index is 0.215. The third-order valence-corrected chi connectivity index (χ3v) is 3.39. The Bertz CT molecular complexity index is 425. The largest absolute Gasteiger partial charge is 0.379 e. The van der Waals surface area contributed by atoms with E-state index in [1.165, 1.54) is 0 Å². The number of hydrogen-bond donors (Lipinski definition) is 2. The van der Waals surface area contributed by atoms with Gasteiger partial charge in [0, 0.05) is 22.1 Å². The van der Waals surface area contributed by atoms with Gasteiger partial charge in [0.15, 0.2) is 0 Å². The molecule has 6 heteroatoms. The van der Waals surface area contributed by atoms with Crippen LogP contribution in [-0.4, -0.2) is 25.3 Å². The Morgan fingerprint density at radius 2 is 2.11 bits per heavy atom. The molecule has 0 saturated heterocycles. The maximum absolute atomic E-state index is 11.7. The van der Waals surface area contributed by atoms with E-state index < -0.39 is 0 Å². The van der Waals surface area contributed by atoms with E-state index in [0.717, 1.165) is 21.1 Å². The number of urea groups is 1. The molecule has 0 heterocycles. The van der Waals surface area contributed by atoms with Crippen molar-refractivity contribution >= 4 is 43.6 Å². The fraction of sp³-hybridized carbons (Fsp3) is 0.462. The molecule has 0 bridgehead atoms. The van der Waals surface area contributed by atoms with E-state index >= 15 is 0 Å². The lowest BCUT2D eigenvalue weighted by Crippen LogP contribution is -2.30. The molecule has 1 aromatic carbocycles. The number of amides is 2. The van der Waals surface area contributed by atoms with E-state index in [2.05, 4.69) is 42.5 Å². The van der Waals surface area contributed by atoms with Crippen LogP contribution in [0.4, 0.5) is 10.5 Å². The van der Waals surface area contributed by atoms with Gasteiger partial charge in [-0.3, -0.25) is 0 Å². The minimum Gasteiger partial charge on any atom is -0.379 e. The highest BCUT2D eigenvalue weighted by Gasteiger charge is 2.05. The highest BCUT2D eigenvalue weighted by Crippen LogP contribution is 2.25. The second kappa shape index (κ2) is 8.55. The Morgan fingerprint density at radius 1 is 1.37 bits per heavy atom. The van der Waals surface area contributed by atoms with Crippen molar-refractivity contribution in [2.24, 2.45) is 0 Å². The molecule has 2 amide bonds. The third-order valence-electron chi connectivity index (χ3n) is 2.24. The second-order valence-corrected chi connectivity index (χ2v) is 6.05. The summed E-state index contributed by atoms with van der Waals surface area (Å²) >= 11 is 6.75. The monoisotopic (exact) mass is 392 g/mol. The van der Waals surface area contributed by atoms with Crippen molar-refractivity contribution in [2.45, 2.75) is 26.4 Å². The van der Waals surface area contributed by atoms with Gasteiger partial charge in [0.1, 0.15) is 0 Å². The second-order valence-electron chi connectivity index (χ2n) is 4.28. The van der Waals surface area contributed by atoms with Gasteiger partial charge in [-0.25, -0.2) is 4.79 Å². The van der Waals surface area contributed by atoms with Crippen LogP contribution in [0.2, 0.25) is 0 Å². The molecule has 0 spiro atoms. The summed E-state index contributed by atoms with van der Waals surface area (Å²) in [6.07, 6.45) is 1.03. The van der Waals surface area contributed by atoms with Crippen LogP contribution in [0.3, 0.4) is 0 Å². The van der Waals surface area contributed by atoms with E-state index in [9.17, 15) is 4.79 Å². The normalized spacial score (nSPS) is 10.6. The standard InChI is InChI=1S/C13H18Br2N2O2/c1-9(2)19-7-3-6-16-13(18)17-12-5-4-10(14)8-11(12)15/h4-5,8-9H,3,6-7H2,1-2H3,(H2,16,17,18). The lowest BCUT2D eigenvalue weighted by atomic mass is 10.3. The van der Waals surface area contributed by atoms with Gasteiger partial charge in [-0.1, -0.05) is 15.9 Å². The molecule has 1 rings (SSSR count). The molecule has 106 valence electrons. The zero-order chi connectivity index (χ0) is 14.3. The van der Waals surface area contributed by atoms with Crippen LogP contribution < -0.4 is 10.6 Å². The van der Waals surface area contributed by atoms with Gasteiger partial charge in [-0.15, -0.1) is 0 Å². The molecule has 19 heavy (non-hydrogen) atoms. The van der Waals surface area contributed by atoms with E-state index in [1.54, 1.807) is 0 Å². The summed E-state index contributed by atoms with van der Waals surface area (Å²) in [7, 11) is 0. The zero-order valence-electron chi connectivity index (χ0n) is 11.0. The number of carbonyl (C=O) groups excluding carboxylic acids is 1. The molecular weight excluding hydrogens is 376 g/mol. The van der Waals surface area contributed by atoms with Gasteiger partial charge in [0.25, 0.3) is 0 Å². The van der Waals surface area contributed by atoms with Crippen LogP contribution in [0.25, 0.3) is 0 Å². The van der Waals surface area contributed by atoms with Gasteiger partial charge < -0.3 is 15.4 Å². The van der Waals surface area contributed by atoms with Crippen molar-refractivity contribution in [3.05, 3.63) is 27.1 Å². The first-order valence-electron chi connectivity index (χ1n) is 6.10. The van der Waals surface area contributed by atoms with Crippen LogP contribution in [0.1, 0.15) is 20.3 Å². The fourth-order valence-corrected chi connectivity index (χ4v) is 2.50. The lowest BCUT2D eigenvalue weighted by Gasteiger charge is -2.10. The van der Waals surface area contributed by atoms with Crippen LogP contribution in [0.15, 0.2) is 27.1 Å². The molecule has 0 aliphatic carbocycles. The quantitative estimate of drug-likeness (QED) is 0.713. The maximum atomic E-state index is 11.7. The lowest BCUT2D eigenvalue weighted by molar-refractivity contribution is 0.0775. The molecule has 0 radical (unpaired) electrons. The van der Waals surface area contributed by atoms with Gasteiger partial charge in [0.05, 0.1) is 11.8 Å². The van der Waals surface area contributed by atoms with Crippen LogP contribution in [0, 0.1) is 0 Å². The highest BCUT2D eigenvalue weighted by atomic mass is 79.9. The van der Waals surface area contributed by atoms with Gasteiger partial charge >= 0.3 is 6.03 Å². The Hall–Kier alpha value is -0.590. The summed E-state index contributed by atoms with van der Waals surface area (Å²) in [6, 6.07) is 5.37. The number of benzene rings is 1. The average Bonchev–Trinajstić information content (AvgIpc) is 2.32. The first-order valence-corrected chi connectivity index (χ1v) is 7.69. The first-order chi connectivity index (χ1) is 8.99. The molecule has 2 N–H and O–H groups in total. The van der Waals surface area contributed by atoms with Crippen LogP contribution >= 0.6 is 31.9 Å². The van der Waals surface area contributed by atoms with Crippen molar-refractivity contribution in [3.63, 3.8) is 0 Å². The van der Waals surface area contributed by atoms with Crippen molar-refractivity contribution in [3.8, 4) is 0 Å². The summed E-state index contributed by atoms with van der Waals surface area (Å²) in [4.78, 5) is 11.7. The summed E-state index contributed by atoms with van der Waals surface area (Å²) in [6.45, 7) is 5.23. The molecule has 0 aliphatic heterocycles. The summed E-state index contributed by atoms with van der Waals surface area (Å²) in [5, 5.41) is 5.56. The van der Waals surface area contributed by atoms with Crippen LogP contribution in [0.5, 0.6) is 0 Å².